The number of hydrogen-bond donors (Lipinski definition) is 0. The van der Waals surface area contributed by atoms with Crippen LogP contribution in [0.3, 0.4) is 0 Å². The number of carbonyl (C=O) groups excluding carboxylic acids is 1. The zero-order valence-electron chi connectivity index (χ0n) is 13.2. The molecule has 1 amide bonds. The van der Waals surface area contributed by atoms with Gasteiger partial charge in [0, 0.05) is 39.2 Å². The summed E-state index contributed by atoms with van der Waals surface area (Å²) in [7, 11) is -1.64. The van der Waals surface area contributed by atoms with Crippen LogP contribution in [0.25, 0.3) is 0 Å². The molecule has 2 heterocycles. The second-order valence-corrected chi connectivity index (χ2v) is 8.88. The number of rotatable bonds is 4. The van der Waals surface area contributed by atoms with Crippen LogP contribution in [0, 0.1) is 11.8 Å². The third-order valence-corrected chi connectivity index (χ3v) is 7.91. The maximum atomic E-state index is 12.6. The Morgan fingerprint density at radius 2 is 1.91 bits per heavy atom. The van der Waals surface area contributed by atoms with Crippen molar-refractivity contribution in [2.45, 2.75) is 37.4 Å². The largest absolute Gasteiger partial charge is 0.383 e. The van der Waals surface area contributed by atoms with Gasteiger partial charge in [-0.2, -0.15) is 4.31 Å². The normalized spacial score (nSPS) is 32.3. The minimum absolute atomic E-state index is 0.154. The topological polar surface area (TPSA) is 66.9 Å². The molecular formula is C15H26N2O4S. The molecule has 0 spiro atoms. The molecule has 0 radical (unpaired) electrons. The van der Waals surface area contributed by atoms with Crippen LogP contribution >= 0.6 is 0 Å². The fraction of sp³-hybridized carbons (Fsp3) is 0.933. The van der Waals surface area contributed by atoms with Gasteiger partial charge in [0.25, 0.3) is 0 Å². The van der Waals surface area contributed by atoms with Gasteiger partial charge in [0.15, 0.2) is 0 Å². The molecule has 0 N–H and O–H groups in total. The quantitative estimate of drug-likeness (QED) is 0.760. The summed E-state index contributed by atoms with van der Waals surface area (Å²) in [6.07, 6.45) is 4.54. The van der Waals surface area contributed by atoms with Crippen molar-refractivity contribution in [3.63, 3.8) is 0 Å². The van der Waals surface area contributed by atoms with Gasteiger partial charge >= 0.3 is 0 Å². The molecule has 7 heteroatoms. The SMILES string of the molecule is COCCN1C[C@H]2CCN(C(=O)C3CCC3)CC[C@H]2S1(=O)=O. The fourth-order valence-electron chi connectivity index (χ4n) is 3.84. The lowest BCUT2D eigenvalue weighted by Gasteiger charge is -2.31. The number of amides is 1. The number of likely N-dealkylation sites (tertiary alicyclic amines) is 1. The molecule has 3 rings (SSSR count). The van der Waals surface area contributed by atoms with Crippen LogP contribution in [-0.4, -0.2) is 68.7 Å². The van der Waals surface area contributed by atoms with Crippen LogP contribution in [0.5, 0.6) is 0 Å². The summed E-state index contributed by atoms with van der Waals surface area (Å²) in [5.41, 5.74) is 0. The van der Waals surface area contributed by atoms with Gasteiger partial charge in [-0.3, -0.25) is 4.79 Å². The highest BCUT2D eigenvalue weighted by Crippen LogP contribution is 2.35. The van der Waals surface area contributed by atoms with E-state index in [0.717, 1.165) is 25.7 Å². The lowest BCUT2D eigenvalue weighted by Crippen LogP contribution is -2.40. The van der Waals surface area contributed by atoms with Gasteiger partial charge in [-0.25, -0.2) is 8.42 Å². The summed E-state index contributed by atoms with van der Waals surface area (Å²) in [5, 5.41) is -0.316. The standard InChI is InChI=1S/C15H26N2O4S/c1-21-10-9-17-11-13-5-7-16(15(18)12-3-2-4-12)8-6-14(13)22(17,19)20/h12-14H,2-11H2,1H3/t13-,14-/m1/s1. The highest BCUT2D eigenvalue weighted by atomic mass is 32.2. The van der Waals surface area contributed by atoms with Crippen LogP contribution in [-0.2, 0) is 19.6 Å². The maximum absolute atomic E-state index is 12.6. The first-order valence-electron chi connectivity index (χ1n) is 8.30. The predicted octanol–water partition coefficient (Wildman–Crippen LogP) is 0.686. The smallest absolute Gasteiger partial charge is 0.225 e. The third-order valence-electron chi connectivity index (χ3n) is 5.47. The highest BCUT2D eigenvalue weighted by Gasteiger charge is 2.47. The van der Waals surface area contributed by atoms with E-state index in [1.54, 1.807) is 11.4 Å². The Balaban J connectivity index is 1.64. The van der Waals surface area contributed by atoms with Crippen molar-refractivity contribution in [1.82, 2.24) is 9.21 Å². The van der Waals surface area contributed by atoms with Crippen molar-refractivity contribution >= 4 is 15.9 Å². The second kappa shape index (κ2) is 6.45. The first-order valence-corrected chi connectivity index (χ1v) is 9.81. The van der Waals surface area contributed by atoms with E-state index in [2.05, 4.69) is 0 Å². The lowest BCUT2D eigenvalue weighted by atomic mass is 9.84. The average molecular weight is 330 g/mol. The zero-order valence-corrected chi connectivity index (χ0v) is 14.1. The Labute approximate surface area is 132 Å². The summed E-state index contributed by atoms with van der Waals surface area (Å²) in [4.78, 5) is 14.3. The molecule has 2 atom stereocenters. The van der Waals surface area contributed by atoms with Gasteiger partial charge in [0.1, 0.15) is 0 Å². The van der Waals surface area contributed by atoms with Crippen LogP contribution in [0.2, 0.25) is 0 Å². The molecule has 6 nitrogen and oxygen atoms in total. The van der Waals surface area contributed by atoms with Crippen molar-refractivity contribution in [3.05, 3.63) is 0 Å². The Bertz CT molecular complexity index is 518. The minimum Gasteiger partial charge on any atom is -0.383 e. The molecule has 0 aromatic carbocycles. The number of hydrogen-bond acceptors (Lipinski definition) is 4. The summed E-state index contributed by atoms with van der Waals surface area (Å²) in [5.74, 6) is 0.605. The monoisotopic (exact) mass is 330 g/mol. The molecule has 0 aromatic heterocycles. The summed E-state index contributed by atoms with van der Waals surface area (Å²) in [6, 6.07) is 0. The van der Waals surface area contributed by atoms with Gasteiger partial charge in [0.05, 0.1) is 11.9 Å². The number of carbonyl (C=O) groups is 1. The van der Waals surface area contributed by atoms with E-state index >= 15 is 0 Å². The van der Waals surface area contributed by atoms with Gasteiger partial charge in [-0.15, -0.1) is 0 Å². The Morgan fingerprint density at radius 1 is 1.18 bits per heavy atom. The summed E-state index contributed by atoms with van der Waals surface area (Å²) >= 11 is 0. The number of ether oxygens (including phenoxy) is 1. The molecule has 2 saturated heterocycles. The van der Waals surface area contributed by atoms with E-state index in [-0.39, 0.29) is 23.0 Å². The molecule has 0 unspecified atom stereocenters. The van der Waals surface area contributed by atoms with Crippen molar-refractivity contribution < 1.29 is 17.9 Å². The number of methoxy groups -OCH3 is 1. The molecule has 1 aliphatic carbocycles. The summed E-state index contributed by atoms with van der Waals surface area (Å²) < 4.78 is 31.8. The van der Waals surface area contributed by atoms with Crippen LogP contribution < -0.4 is 0 Å². The molecule has 0 aromatic rings. The van der Waals surface area contributed by atoms with Crippen LogP contribution in [0.1, 0.15) is 32.1 Å². The van der Waals surface area contributed by atoms with Crippen LogP contribution in [0.15, 0.2) is 0 Å². The second-order valence-electron chi connectivity index (χ2n) is 6.72. The lowest BCUT2D eigenvalue weighted by molar-refractivity contribution is -0.138. The van der Waals surface area contributed by atoms with Crippen molar-refractivity contribution in [2.75, 3.05) is 39.9 Å². The average Bonchev–Trinajstić information content (AvgIpc) is 2.59. The predicted molar refractivity (Wildman–Crippen MR) is 82.8 cm³/mol. The van der Waals surface area contributed by atoms with E-state index in [9.17, 15) is 13.2 Å². The first kappa shape index (κ1) is 16.2. The third kappa shape index (κ3) is 2.90. The zero-order chi connectivity index (χ0) is 15.7. The minimum atomic E-state index is -3.23. The van der Waals surface area contributed by atoms with E-state index in [1.165, 1.54) is 0 Å². The Kier molecular flexibility index (Phi) is 4.75. The maximum Gasteiger partial charge on any atom is 0.225 e. The van der Waals surface area contributed by atoms with E-state index in [0.29, 0.717) is 39.2 Å². The Hall–Kier alpha value is -0.660. The van der Waals surface area contributed by atoms with Gasteiger partial charge in [0.2, 0.25) is 15.9 Å². The van der Waals surface area contributed by atoms with Crippen molar-refractivity contribution in [2.24, 2.45) is 11.8 Å². The van der Waals surface area contributed by atoms with Gasteiger partial charge in [-0.05, 0) is 31.6 Å². The van der Waals surface area contributed by atoms with Gasteiger partial charge < -0.3 is 9.64 Å². The molecular weight excluding hydrogens is 304 g/mol. The molecule has 2 aliphatic heterocycles. The van der Waals surface area contributed by atoms with Gasteiger partial charge in [-0.1, -0.05) is 6.42 Å². The highest BCUT2D eigenvalue weighted by molar-refractivity contribution is 7.90. The van der Waals surface area contributed by atoms with Crippen LogP contribution in [0.4, 0.5) is 0 Å². The molecule has 126 valence electrons. The van der Waals surface area contributed by atoms with E-state index < -0.39 is 10.0 Å². The number of nitrogens with zero attached hydrogens (tertiary/aromatic N) is 2. The fourth-order valence-corrected chi connectivity index (χ4v) is 6.06. The van der Waals surface area contributed by atoms with Crippen molar-refractivity contribution in [1.29, 1.82) is 0 Å². The van der Waals surface area contributed by atoms with E-state index in [4.69, 9.17) is 4.74 Å². The first-order chi connectivity index (χ1) is 10.5. The molecule has 22 heavy (non-hydrogen) atoms. The number of fused-ring (bicyclic) bond motifs is 1. The Morgan fingerprint density at radius 3 is 2.55 bits per heavy atom. The van der Waals surface area contributed by atoms with Crippen molar-refractivity contribution in [3.8, 4) is 0 Å². The molecule has 0 bridgehead atoms. The number of sulfonamides is 1. The molecule has 3 aliphatic rings. The van der Waals surface area contributed by atoms with E-state index in [1.807, 2.05) is 4.90 Å². The summed E-state index contributed by atoms with van der Waals surface area (Å²) in [6.45, 7) is 2.77. The molecule has 3 fully saturated rings. The molecule has 1 saturated carbocycles.